The van der Waals surface area contributed by atoms with Gasteiger partial charge in [0.05, 0.1) is 12.0 Å². The van der Waals surface area contributed by atoms with Crippen molar-refractivity contribution in [3.8, 4) is 11.8 Å². The molecule has 0 aromatic heterocycles. The minimum Gasteiger partial charge on any atom is -0.425 e. The quantitative estimate of drug-likeness (QED) is 0.618. The Morgan fingerprint density at radius 1 is 1.47 bits per heavy atom. The van der Waals surface area contributed by atoms with E-state index < -0.39 is 0 Å². The van der Waals surface area contributed by atoms with Gasteiger partial charge in [-0.25, -0.2) is 0 Å². The topological polar surface area (TPSA) is 50.1 Å². The summed E-state index contributed by atoms with van der Waals surface area (Å²) >= 11 is 3.26. The largest absolute Gasteiger partial charge is 0.425 e. The highest BCUT2D eigenvalue weighted by atomic mass is 79.9. The van der Waals surface area contributed by atoms with Gasteiger partial charge in [0.25, 0.3) is 0 Å². The summed E-state index contributed by atoms with van der Waals surface area (Å²) in [6.07, 6.45) is 0.313. The van der Waals surface area contributed by atoms with Crippen LogP contribution in [0.3, 0.4) is 0 Å². The van der Waals surface area contributed by atoms with Gasteiger partial charge >= 0.3 is 5.97 Å². The van der Waals surface area contributed by atoms with E-state index in [-0.39, 0.29) is 11.4 Å². The molecule has 0 heterocycles. The molecule has 0 saturated carbocycles. The van der Waals surface area contributed by atoms with Crippen molar-refractivity contribution in [1.29, 1.82) is 5.26 Å². The van der Waals surface area contributed by atoms with E-state index in [4.69, 9.17) is 10.00 Å². The van der Waals surface area contributed by atoms with Crippen molar-refractivity contribution in [3.63, 3.8) is 0 Å². The van der Waals surface area contributed by atoms with Gasteiger partial charge in [-0.1, -0.05) is 36.7 Å². The molecule has 0 amide bonds. The lowest BCUT2D eigenvalue weighted by Gasteiger charge is -2.16. The molecule has 4 heteroatoms. The van der Waals surface area contributed by atoms with Gasteiger partial charge in [-0.15, -0.1) is 0 Å². The summed E-state index contributed by atoms with van der Waals surface area (Å²) in [5.74, 6) is -0.0127. The van der Waals surface area contributed by atoms with Gasteiger partial charge in [-0.3, -0.25) is 4.79 Å². The normalized spacial score (nSPS) is 10.8. The van der Waals surface area contributed by atoms with Gasteiger partial charge in [0.2, 0.25) is 0 Å². The zero-order valence-electron chi connectivity index (χ0n) is 10.1. The summed E-state index contributed by atoms with van der Waals surface area (Å²) in [6.45, 7) is 5.88. The SMILES string of the molecule is CC(C)(C)CC(=O)Oc1ccc(Br)cc1C#N. The van der Waals surface area contributed by atoms with Crippen molar-refractivity contribution in [3.05, 3.63) is 28.2 Å². The average Bonchev–Trinajstić information content (AvgIpc) is 2.17. The maximum absolute atomic E-state index is 11.6. The molecule has 3 nitrogen and oxygen atoms in total. The lowest BCUT2D eigenvalue weighted by atomic mass is 9.92. The van der Waals surface area contributed by atoms with Gasteiger partial charge in [0.15, 0.2) is 0 Å². The minimum atomic E-state index is -0.323. The van der Waals surface area contributed by atoms with E-state index in [0.717, 1.165) is 4.47 Å². The third kappa shape index (κ3) is 4.58. The monoisotopic (exact) mass is 295 g/mol. The van der Waals surface area contributed by atoms with Gasteiger partial charge < -0.3 is 4.74 Å². The first-order valence-corrected chi connectivity index (χ1v) is 6.01. The number of carbonyl (C=O) groups is 1. The fraction of sp³-hybridized carbons (Fsp3) is 0.385. The Morgan fingerprint density at radius 2 is 2.12 bits per heavy atom. The maximum atomic E-state index is 11.6. The maximum Gasteiger partial charge on any atom is 0.311 e. The van der Waals surface area contributed by atoms with Crippen LogP contribution in [-0.4, -0.2) is 5.97 Å². The van der Waals surface area contributed by atoms with Gasteiger partial charge in [-0.05, 0) is 23.6 Å². The number of esters is 1. The lowest BCUT2D eigenvalue weighted by Crippen LogP contribution is -2.18. The second-order valence-electron chi connectivity index (χ2n) is 4.96. The van der Waals surface area contributed by atoms with Crippen LogP contribution in [0.4, 0.5) is 0 Å². The number of halogens is 1. The van der Waals surface area contributed by atoms with E-state index >= 15 is 0 Å². The van der Waals surface area contributed by atoms with Crippen LogP contribution in [0.2, 0.25) is 0 Å². The van der Waals surface area contributed by atoms with Crippen molar-refractivity contribution >= 4 is 21.9 Å². The van der Waals surface area contributed by atoms with Crippen LogP contribution in [0.1, 0.15) is 32.8 Å². The summed E-state index contributed by atoms with van der Waals surface area (Å²) in [5.41, 5.74) is 0.223. The molecule has 90 valence electrons. The first kappa shape index (κ1) is 13.7. The smallest absolute Gasteiger partial charge is 0.311 e. The Labute approximate surface area is 110 Å². The Bertz CT molecular complexity index is 469. The second-order valence-corrected chi connectivity index (χ2v) is 5.88. The molecule has 0 bridgehead atoms. The standard InChI is InChI=1S/C13H14BrNO2/c1-13(2,3)7-12(16)17-11-5-4-10(14)6-9(11)8-15/h4-6H,7H2,1-3H3. The first-order valence-electron chi connectivity index (χ1n) is 5.22. The molecule has 1 aromatic rings. The molecule has 0 saturated heterocycles. The van der Waals surface area contributed by atoms with Crippen molar-refractivity contribution in [2.75, 3.05) is 0 Å². The van der Waals surface area contributed by atoms with Crippen LogP contribution >= 0.6 is 15.9 Å². The number of rotatable bonds is 2. The third-order valence-corrected chi connectivity index (χ3v) is 2.45. The summed E-state index contributed by atoms with van der Waals surface area (Å²) < 4.78 is 5.97. The van der Waals surface area contributed by atoms with Gasteiger partial charge in [0, 0.05) is 4.47 Å². The zero-order valence-corrected chi connectivity index (χ0v) is 11.7. The van der Waals surface area contributed by atoms with Gasteiger partial charge in [0.1, 0.15) is 11.8 Å². The van der Waals surface area contributed by atoms with Crippen molar-refractivity contribution in [2.24, 2.45) is 5.41 Å². The van der Waals surface area contributed by atoms with E-state index in [2.05, 4.69) is 15.9 Å². The minimum absolute atomic E-state index is 0.126. The van der Waals surface area contributed by atoms with Crippen LogP contribution in [0, 0.1) is 16.7 Å². The van der Waals surface area contributed by atoms with E-state index in [0.29, 0.717) is 17.7 Å². The summed E-state index contributed by atoms with van der Waals surface area (Å²) in [5, 5.41) is 8.93. The lowest BCUT2D eigenvalue weighted by molar-refractivity contribution is -0.136. The molecule has 0 fully saturated rings. The summed E-state index contributed by atoms with van der Waals surface area (Å²) in [7, 11) is 0. The van der Waals surface area contributed by atoms with Crippen LogP contribution in [0.15, 0.2) is 22.7 Å². The Hall–Kier alpha value is -1.34. The molecule has 17 heavy (non-hydrogen) atoms. The fourth-order valence-electron chi connectivity index (χ4n) is 1.27. The van der Waals surface area contributed by atoms with Gasteiger partial charge in [-0.2, -0.15) is 5.26 Å². The third-order valence-electron chi connectivity index (χ3n) is 1.96. The number of ether oxygens (including phenoxy) is 1. The highest BCUT2D eigenvalue weighted by molar-refractivity contribution is 9.10. The fourth-order valence-corrected chi connectivity index (χ4v) is 1.63. The second kappa shape index (κ2) is 5.33. The number of nitrogens with zero attached hydrogens (tertiary/aromatic N) is 1. The van der Waals surface area contributed by atoms with E-state index in [1.54, 1.807) is 18.2 Å². The highest BCUT2D eigenvalue weighted by Gasteiger charge is 2.18. The molecule has 0 N–H and O–H groups in total. The van der Waals surface area contributed by atoms with E-state index in [9.17, 15) is 4.79 Å². The molecular weight excluding hydrogens is 282 g/mol. The predicted octanol–water partition coefficient (Wildman–Crippen LogP) is 3.66. The molecule has 0 radical (unpaired) electrons. The summed E-state index contributed by atoms with van der Waals surface area (Å²) in [4.78, 5) is 11.6. The molecule has 0 atom stereocenters. The number of nitriles is 1. The van der Waals surface area contributed by atoms with Crippen LogP contribution < -0.4 is 4.74 Å². The number of hydrogen-bond acceptors (Lipinski definition) is 3. The number of carbonyl (C=O) groups excluding carboxylic acids is 1. The Morgan fingerprint density at radius 3 is 2.65 bits per heavy atom. The average molecular weight is 296 g/mol. The zero-order chi connectivity index (χ0) is 13.1. The van der Waals surface area contributed by atoms with Crippen molar-refractivity contribution in [1.82, 2.24) is 0 Å². The number of benzene rings is 1. The van der Waals surface area contributed by atoms with Crippen molar-refractivity contribution in [2.45, 2.75) is 27.2 Å². The molecule has 0 aliphatic carbocycles. The molecule has 0 aliphatic heterocycles. The highest BCUT2D eigenvalue weighted by Crippen LogP contribution is 2.25. The van der Waals surface area contributed by atoms with E-state index in [1.807, 2.05) is 26.8 Å². The Balaban J connectivity index is 2.83. The van der Waals surface area contributed by atoms with Crippen molar-refractivity contribution < 1.29 is 9.53 Å². The number of hydrogen-bond donors (Lipinski definition) is 0. The molecule has 1 aromatic carbocycles. The molecular formula is C13H14BrNO2. The summed E-state index contributed by atoms with van der Waals surface area (Å²) in [6, 6.07) is 6.97. The molecule has 0 unspecified atom stereocenters. The molecule has 0 aliphatic rings. The Kier molecular flexibility index (Phi) is 4.30. The molecule has 0 spiro atoms. The van der Waals surface area contributed by atoms with Crippen LogP contribution in [0.25, 0.3) is 0 Å². The van der Waals surface area contributed by atoms with E-state index in [1.165, 1.54) is 0 Å². The predicted molar refractivity (Wildman–Crippen MR) is 68.6 cm³/mol. The molecule has 1 rings (SSSR count). The first-order chi connectivity index (χ1) is 7.81. The van der Waals surface area contributed by atoms with Crippen LogP contribution in [-0.2, 0) is 4.79 Å². The van der Waals surface area contributed by atoms with Crippen LogP contribution in [0.5, 0.6) is 5.75 Å².